The first-order valence-electron chi connectivity index (χ1n) is 5.07. The Kier molecular flexibility index (Phi) is 2.57. The lowest BCUT2D eigenvalue weighted by molar-refractivity contribution is 0.904. The summed E-state index contributed by atoms with van der Waals surface area (Å²) < 4.78 is 3.37. The summed E-state index contributed by atoms with van der Waals surface area (Å²) in [5, 5.41) is 4.14. The van der Waals surface area contributed by atoms with Gasteiger partial charge in [0.25, 0.3) is 0 Å². The van der Waals surface area contributed by atoms with E-state index in [0.29, 0.717) is 4.77 Å². The van der Waals surface area contributed by atoms with Gasteiger partial charge in [-0.2, -0.15) is 5.10 Å². The Labute approximate surface area is 111 Å². The van der Waals surface area contributed by atoms with E-state index in [1.54, 1.807) is 10.7 Å². The average molecular weight is 306 g/mol. The van der Waals surface area contributed by atoms with Crippen LogP contribution in [0.25, 0.3) is 16.8 Å². The van der Waals surface area contributed by atoms with Gasteiger partial charge in [0.05, 0.1) is 11.7 Å². The van der Waals surface area contributed by atoms with Crippen molar-refractivity contribution in [2.45, 2.75) is 0 Å². The van der Waals surface area contributed by atoms with E-state index in [2.05, 4.69) is 26.0 Å². The number of rotatable bonds is 1. The molecule has 5 heteroatoms. The lowest BCUT2D eigenvalue weighted by atomic mass is 10.1. The fourth-order valence-corrected chi connectivity index (χ4v) is 2.26. The quantitative estimate of drug-likeness (QED) is 0.693. The molecule has 0 saturated carbocycles. The van der Waals surface area contributed by atoms with E-state index in [4.69, 9.17) is 12.2 Å². The van der Waals surface area contributed by atoms with Gasteiger partial charge in [0.2, 0.25) is 0 Å². The highest BCUT2D eigenvalue weighted by atomic mass is 79.9. The van der Waals surface area contributed by atoms with Crippen LogP contribution in [0.1, 0.15) is 0 Å². The minimum absolute atomic E-state index is 0.602. The SMILES string of the molecule is S=c1[nH]c(-c2ccc(Br)cc2)cc2ccnn12. The van der Waals surface area contributed by atoms with Crippen LogP contribution in [0.5, 0.6) is 0 Å². The molecular formula is C12H8BrN3S. The summed E-state index contributed by atoms with van der Waals surface area (Å²) in [6, 6.07) is 12.1. The second kappa shape index (κ2) is 4.09. The molecule has 2 heterocycles. The fraction of sp³-hybridized carbons (Fsp3) is 0. The van der Waals surface area contributed by atoms with Crippen molar-refractivity contribution in [1.29, 1.82) is 0 Å². The maximum absolute atomic E-state index is 5.26. The number of hydrogen-bond donors (Lipinski definition) is 1. The molecule has 0 aliphatic carbocycles. The summed E-state index contributed by atoms with van der Waals surface area (Å²) in [4.78, 5) is 3.17. The van der Waals surface area contributed by atoms with Crippen LogP contribution in [0.2, 0.25) is 0 Å². The highest BCUT2D eigenvalue weighted by Crippen LogP contribution is 2.21. The number of hydrogen-bond acceptors (Lipinski definition) is 2. The molecule has 0 bridgehead atoms. The van der Waals surface area contributed by atoms with Crippen molar-refractivity contribution < 1.29 is 0 Å². The number of benzene rings is 1. The van der Waals surface area contributed by atoms with Crippen LogP contribution < -0.4 is 0 Å². The number of nitrogens with one attached hydrogen (secondary N) is 1. The van der Waals surface area contributed by atoms with E-state index in [0.717, 1.165) is 21.2 Å². The molecule has 3 rings (SSSR count). The first-order valence-corrected chi connectivity index (χ1v) is 6.27. The Balaban J connectivity index is 2.23. The molecule has 0 aliphatic heterocycles. The standard InChI is InChI=1S/C12H8BrN3S/c13-9-3-1-8(2-4-9)11-7-10-5-6-14-16(10)12(17)15-11/h1-7H,(H,15,17). The molecular weight excluding hydrogens is 298 g/mol. The van der Waals surface area contributed by atoms with Crippen molar-refractivity contribution in [3.05, 3.63) is 51.8 Å². The number of nitrogens with zero attached hydrogens (tertiary/aromatic N) is 2. The molecule has 17 heavy (non-hydrogen) atoms. The third kappa shape index (κ3) is 1.92. The van der Waals surface area contributed by atoms with Crippen LogP contribution in [0.4, 0.5) is 0 Å². The van der Waals surface area contributed by atoms with Gasteiger partial charge >= 0.3 is 0 Å². The lowest BCUT2D eigenvalue weighted by Crippen LogP contribution is -1.94. The van der Waals surface area contributed by atoms with Crippen LogP contribution in [0.15, 0.2) is 47.1 Å². The minimum Gasteiger partial charge on any atom is -0.330 e. The second-order valence-electron chi connectivity index (χ2n) is 3.66. The summed E-state index contributed by atoms with van der Waals surface area (Å²) in [5.41, 5.74) is 3.09. The first-order chi connectivity index (χ1) is 8.24. The molecule has 3 aromatic rings. The van der Waals surface area contributed by atoms with Crippen molar-refractivity contribution in [3.8, 4) is 11.3 Å². The minimum atomic E-state index is 0.602. The van der Waals surface area contributed by atoms with Crippen LogP contribution in [-0.4, -0.2) is 14.6 Å². The van der Waals surface area contributed by atoms with E-state index in [1.807, 2.05) is 36.4 Å². The van der Waals surface area contributed by atoms with Crippen LogP contribution in [0, 0.1) is 4.77 Å². The average Bonchev–Trinajstić information content (AvgIpc) is 2.78. The number of halogens is 1. The summed E-state index contributed by atoms with van der Waals surface area (Å²) >= 11 is 8.68. The van der Waals surface area contributed by atoms with Gasteiger partial charge in [-0.25, -0.2) is 4.52 Å². The Hall–Kier alpha value is -1.46. The van der Waals surface area contributed by atoms with Crippen LogP contribution in [0.3, 0.4) is 0 Å². The van der Waals surface area contributed by atoms with Crippen LogP contribution >= 0.6 is 28.1 Å². The molecule has 3 nitrogen and oxygen atoms in total. The van der Waals surface area contributed by atoms with Gasteiger partial charge in [-0.15, -0.1) is 0 Å². The van der Waals surface area contributed by atoms with Gasteiger partial charge in [-0.1, -0.05) is 28.1 Å². The van der Waals surface area contributed by atoms with Gasteiger partial charge < -0.3 is 4.98 Å². The van der Waals surface area contributed by atoms with E-state index in [-0.39, 0.29) is 0 Å². The van der Waals surface area contributed by atoms with Crippen molar-refractivity contribution in [3.63, 3.8) is 0 Å². The number of aromatic nitrogens is 3. The van der Waals surface area contributed by atoms with Crippen molar-refractivity contribution in [1.82, 2.24) is 14.6 Å². The summed E-state index contributed by atoms with van der Waals surface area (Å²) in [6.45, 7) is 0. The molecule has 0 saturated heterocycles. The zero-order chi connectivity index (χ0) is 11.8. The van der Waals surface area contributed by atoms with Crippen molar-refractivity contribution >= 4 is 33.7 Å². The third-order valence-electron chi connectivity index (χ3n) is 2.55. The molecule has 0 amide bonds. The fourth-order valence-electron chi connectivity index (χ4n) is 1.73. The topological polar surface area (TPSA) is 33.1 Å². The van der Waals surface area contributed by atoms with Gasteiger partial charge in [0.15, 0.2) is 4.77 Å². The smallest absolute Gasteiger partial charge is 0.199 e. The Morgan fingerprint density at radius 1 is 1.18 bits per heavy atom. The molecule has 84 valence electrons. The molecule has 0 fully saturated rings. The van der Waals surface area contributed by atoms with Gasteiger partial charge in [0.1, 0.15) is 0 Å². The normalized spacial score (nSPS) is 10.9. The zero-order valence-corrected chi connectivity index (χ0v) is 11.1. The second-order valence-corrected chi connectivity index (χ2v) is 4.97. The van der Waals surface area contributed by atoms with Gasteiger partial charge in [0, 0.05) is 10.2 Å². The highest BCUT2D eigenvalue weighted by molar-refractivity contribution is 9.10. The van der Waals surface area contributed by atoms with Crippen LogP contribution in [-0.2, 0) is 0 Å². The molecule has 0 spiro atoms. The number of aromatic amines is 1. The molecule has 0 radical (unpaired) electrons. The molecule has 1 aromatic carbocycles. The first kappa shape index (κ1) is 10.7. The Morgan fingerprint density at radius 2 is 1.94 bits per heavy atom. The molecule has 1 N–H and O–H groups in total. The van der Waals surface area contributed by atoms with Gasteiger partial charge in [-0.05, 0) is 42.0 Å². The van der Waals surface area contributed by atoms with Gasteiger partial charge in [-0.3, -0.25) is 0 Å². The maximum atomic E-state index is 5.26. The summed E-state index contributed by atoms with van der Waals surface area (Å²) in [5.74, 6) is 0. The predicted molar refractivity (Wildman–Crippen MR) is 73.5 cm³/mol. The maximum Gasteiger partial charge on any atom is 0.199 e. The number of fused-ring (bicyclic) bond motifs is 1. The summed E-state index contributed by atoms with van der Waals surface area (Å²) in [7, 11) is 0. The van der Waals surface area contributed by atoms with E-state index in [1.165, 1.54) is 0 Å². The zero-order valence-electron chi connectivity index (χ0n) is 8.72. The molecule has 0 atom stereocenters. The Bertz CT molecular complexity index is 727. The Morgan fingerprint density at radius 3 is 2.71 bits per heavy atom. The number of H-pyrrole nitrogens is 1. The molecule has 0 aliphatic rings. The van der Waals surface area contributed by atoms with Crippen molar-refractivity contribution in [2.75, 3.05) is 0 Å². The molecule has 0 unspecified atom stereocenters. The van der Waals surface area contributed by atoms with E-state index < -0.39 is 0 Å². The monoisotopic (exact) mass is 305 g/mol. The molecule has 2 aromatic heterocycles. The largest absolute Gasteiger partial charge is 0.330 e. The lowest BCUT2D eigenvalue weighted by Gasteiger charge is -2.03. The highest BCUT2D eigenvalue weighted by Gasteiger charge is 2.02. The van der Waals surface area contributed by atoms with Crippen molar-refractivity contribution in [2.24, 2.45) is 0 Å². The van der Waals surface area contributed by atoms with E-state index >= 15 is 0 Å². The predicted octanol–water partition coefficient (Wildman–Crippen LogP) is 3.82. The summed E-state index contributed by atoms with van der Waals surface area (Å²) in [6.07, 6.45) is 1.74. The third-order valence-corrected chi connectivity index (χ3v) is 3.36. The van der Waals surface area contributed by atoms with E-state index in [9.17, 15) is 0 Å².